The number of rotatable bonds is 8. The van der Waals surface area contributed by atoms with Crippen molar-refractivity contribution >= 4 is 23.7 Å². The monoisotopic (exact) mass is 452 g/mol. The summed E-state index contributed by atoms with van der Waals surface area (Å²) in [7, 11) is 0. The highest BCUT2D eigenvalue weighted by atomic mass is 19.2. The number of carbonyl (C=O) groups is 2. The molecule has 1 aromatic heterocycles. The molecule has 0 aliphatic rings. The highest BCUT2D eigenvalue weighted by Crippen LogP contribution is 2.12. The minimum absolute atomic E-state index is 0.0538. The standard InChI is InChI=1S/C24H22F2N4O3/c25-19-8-3-16(11-20(19)26)12-21(24(33)29-14-17-4-9-22(27)28-13-17)30-23(32)10-5-15-1-6-18(31)7-2-15/h1-11,13,21,31H,12,14H2,(H2,27,28)(H,29,33)(H,30,32)/b10-5+/t21-/m0/s1. The van der Waals surface area contributed by atoms with Crippen molar-refractivity contribution in [3.63, 3.8) is 0 Å². The Bertz CT molecular complexity index is 1150. The number of hydrogen-bond acceptors (Lipinski definition) is 5. The van der Waals surface area contributed by atoms with Crippen molar-refractivity contribution < 1.29 is 23.5 Å². The Hall–Kier alpha value is -4.27. The van der Waals surface area contributed by atoms with Gasteiger partial charge in [-0.3, -0.25) is 9.59 Å². The molecule has 2 aromatic carbocycles. The average molecular weight is 452 g/mol. The van der Waals surface area contributed by atoms with Crippen LogP contribution in [0.4, 0.5) is 14.6 Å². The number of nitrogens with zero attached hydrogens (tertiary/aromatic N) is 1. The minimum atomic E-state index is -1.05. The molecule has 5 N–H and O–H groups in total. The number of aromatic hydroxyl groups is 1. The van der Waals surface area contributed by atoms with E-state index in [4.69, 9.17) is 5.73 Å². The van der Waals surface area contributed by atoms with Crippen LogP contribution in [0.1, 0.15) is 16.7 Å². The molecule has 0 fully saturated rings. The van der Waals surface area contributed by atoms with E-state index in [1.54, 1.807) is 24.3 Å². The number of phenolic OH excluding ortho intramolecular Hbond substituents is 1. The molecule has 1 atom stereocenters. The van der Waals surface area contributed by atoms with Crippen molar-refractivity contribution in [2.75, 3.05) is 5.73 Å². The van der Waals surface area contributed by atoms with Gasteiger partial charge in [-0.2, -0.15) is 0 Å². The van der Waals surface area contributed by atoms with Gasteiger partial charge in [-0.15, -0.1) is 0 Å². The molecule has 0 bridgehead atoms. The van der Waals surface area contributed by atoms with Gasteiger partial charge >= 0.3 is 0 Å². The minimum Gasteiger partial charge on any atom is -0.508 e. The largest absolute Gasteiger partial charge is 0.508 e. The van der Waals surface area contributed by atoms with E-state index in [1.807, 2.05) is 0 Å². The van der Waals surface area contributed by atoms with E-state index < -0.39 is 29.5 Å². The number of halogens is 2. The van der Waals surface area contributed by atoms with Crippen LogP contribution in [0.5, 0.6) is 5.75 Å². The first-order chi connectivity index (χ1) is 15.8. The molecular weight excluding hydrogens is 430 g/mol. The molecule has 0 saturated carbocycles. The lowest BCUT2D eigenvalue weighted by molar-refractivity contribution is -0.127. The molecule has 0 unspecified atom stereocenters. The third-order valence-corrected chi connectivity index (χ3v) is 4.69. The summed E-state index contributed by atoms with van der Waals surface area (Å²) in [6, 6.07) is 11.7. The molecule has 0 aliphatic heterocycles. The van der Waals surface area contributed by atoms with E-state index in [-0.39, 0.29) is 18.7 Å². The van der Waals surface area contributed by atoms with Crippen molar-refractivity contribution in [2.24, 2.45) is 0 Å². The number of pyridine rings is 1. The van der Waals surface area contributed by atoms with Crippen molar-refractivity contribution in [3.05, 3.63) is 95.2 Å². The summed E-state index contributed by atoms with van der Waals surface area (Å²) in [6.45, 7) is 0.139. The van der Waals surface area contributed by atoms with Gasteiger partial charge in [-0.25, -0.2) is 13.8 Å². The second-order valence-electron chi connectivity index (χ2n) is 7.25. The summed E-state index contributed by atoms with van der Waals surface area (Å²) in [5, 5.41) is 14.6. The number of anilines is 1. The van der Waals surface area contributed by atoms with E-state index in [0.29, 0.717) is 22.5 Å². The van der Waals surface area contributed by atoms with E-state index >= 15 is 0 Å². The van der Waals surface area contributed by atoms with Crippen LogP contribution >= 0.6 is 0 Å². The van der Waals surface area contributed by atoms with Crippen molar-refractivity contribution in [1.82, 2.24) is 15.6 Å². The second-order valence-corrected chi connectivity index (χ2v) is 7.25. The van der Waals surface area contributed by atoms with E-state index in [0.717, 1.165) is 12.1 Å². The number of amides is 2. The fourth-order valence-corrected chi connectivity index (χ4v) is 2.94. The fourth-order valence-electron chi connectivity index (χ4n) is 2.94. The van der Waals surface area contributed by atoms with Crippen molar-refractivity contribution in [3.8, 4) is 5.75 Å². The Labute approximate surface area is 189 Å². The van der Waals surface area contributed by atoms with E-state index in [2.05, 4.69) is 15.6 Å². The summed E-state index contributed by atoms with van der Waals surface area (Å²) in [5.41, 5.74) is 7.25. The SMILES string of the molecule is Nc1ccc(CNC(=O)[C@H](Cc2ccc(F)c(F)c2)NC(=O)/C=C/c2ccc(O)cc2)cn1. The predicted molar refractivity (Wildman–Crippen MR) is 120 cm³/mol. The van der Waals surface area contributed by atoms with Gasteiger partial charge in [0, 0.05) is 25.2 Å². The van der Waals surface area contributed by atoms with Gasteiger partial charge in [-0.05, 0) is 53.1 Å². The molecule has 9 heteroatoms. The summed E-state index contributed by atoms with van der Waals surface area (Å²) in [4.78, 5) is 29.2. The Morgan fingerprint density at radius 1 is 1.03 bits per heavy atom. The number of phenols is 1. The molecule has 3 rings (SSSR count). The zero-order valence-corrected chi connectivity index (χ0v) is 17.5. The lowest BCUT2D eigenvalue weighted by Gasteiger charge is -2.18. The smallest absolute Gasteiger partial charge is 0.244 e. The van der Waals surface area contributed by atoms with E-state index in [9.17, 15) is 23.5 Å². The van der Waals surface area contributed by atoms with Crippen LogP contribution < -0.4 is 16.4 Å². The summed E-state index contributed by atoms with van der Waals surface area (Å²) >= 11 is 0. The maximum absolute atomic E-state index is 13.6. The third kappa shape index (κ3) is 7.13. The number of hydrogen-bond donors (Lipinski definition) is 4. The van der Waals surface area contributed by atoms with Crippen LogP contribution in [0.3, 0.4) is 0 Å². The Kier molecular flexibility index (Phi) is 7.69. The summed E-state index contributed by atoms with van der Waals surface area (Å²) in [5.74, 6) is -2.68. The number of nitrogen functional groups attached to an aromatic ring is 1. The molecule has 170 valence electrons. The first-order valence-electron chi connectivity index (χ1n) is 10.00. The highest BCUT2D eigenvalue weighted by molar-refractivity contribution is 5.95. The molecule has 2 amide bonds. The van der Waals surface area contributed by atoms with Gasteiger partial charge in [0.25, 0.3) is 0 Å². The fraction of sp³-hybridized carbons (Fsp3) is 0.125. The highest BCUT2D eigenvalue weighted by Gasteiger charge is 2.21. The normalized spacial score (nSPS) is 11.8. The molecule has 1 heterocycles. The second kappa shape index (κ2) is 10.9. The van der Waals surface area contributed by atoms with Gasteiger partial charge in [0.15, 0.2) is 11.6 Å². The predicted octanol–water partition coefficient (Wildman–Crippen LogP) is 2.70. The van der Waals surface area contributed by atoms with Gasteiger partial charge in [-0.1, -0.05) is 24.3 Å². The first-order valence-corrected chi connectivity index (χ1v) is 10.00. The topological polar surface area (TPSA) is 117 Å². The molecular formula is C24H22F2N4O3. The number of carbonyl (C=O) groups excluding carboxylic acids is 2. The van der Waals surface area contributed by atoms with Gasteiger partial charge in [0.05, 0.1) is 0 Å². The number of aromatic nitrogens is 1. The Morgan fingerprint density at radius 3 is 2.42 bits per heavy atom. The number of nitrogens with two attached hydrogens (primary N) is 1. The number of benzene rings is 2. The maximum Gasteiger partial charge on any atom is 0.244 e. The Balaban J connectivity index is 1.70. The van der Waals surface area contributed by atoms with Gasteiger partial charge < -0.3 is 21.5 Å². The molecule has 0 saturated heterocycles. The van der Waals surface area contributed by atoms with Gasteiger partial charge in [0.1, 0.15) is 17.6 Å². The van der Waals surface area contributed by atoms with Crippen LogP contribution in [-0.4, -0.2) is 27.9 Å². The van der Waals surface area contributed by atoms with Crippen LogP contribution in [0.2, 0.25) is 0 Å². The lowest BCUT2D eigenvalue weighted by atomic mass is 10.0. The third-order valence-electron chi connectivity index (χ3n) is 4.69. The molecule has 33 heavy (non-hydrogen) atoms. The van der Waals surface area contributed by atoms with Crippen LogP contribution in [0, 0.1) is 11.6 Å². The molecule has 0 aliphatic carbocycles. The lowest BCUT2D eigenvalue weighted by Crippen LogP contribution is -2.47. The van der Waals surface area contributed by atoms with E-state index in [1.165, 1.54) is 36.5 Å². The summed E-state index contributed by atoms with van der Waals surface area (Å²) in [6.07, 6.45) is 4.21. The maximum atomic E-state index is 13.6. The zero-order chi connectivity index (χ0) is 23.8. The summed E-state index contributed by atoms with van der Waals surface area (Å²) < 4.78 is 26.9. The van der Waals surface area contributed by atoms with Crippen molar-refractivity contribution in [1.29, 1.82) is 0 Å². The quantitative estimate of drug-likeness (QED) is 0.392. The zero-order valence-electron chi connectivity index (χ0n) is 17.5. The molecule has 0 spiro atoms. The molecule has 3 aromatic rings. The Morgan fingerprint density at radius 2 is 1.76 bits per heavy atom. The van der Waals surface area contributed by atoms with Crippen LogP contribution in [-0.2, 0) is 22.6 Å². The van der Waals surface area contributed by atoms with Crippen LogP contribution in [0.15, 0.2) is 66.9 Å². The molecule has 7 nitrogen and oxygen atoms in total. The first kappa shape index (κ1) is 23.4. The van der Waals surface area contributed by atoms with Gasteiger partial charge in [0.2, 0.25) is 11.8 Å². The average Bonchev–Trinajstić information content (AvgIpc) is 2.80. The molecule has 0 radical (unpaired) electrons. The number of nitrogens with one attached hydrogen (secondary N) is 2. The van der Waals surface area contributed by atoms with Crippen molar-refractivity contribution in [2.45, 2.75) is 19.0 Å². The van der Waals surface area contributed by atoms with Crippen LogP contribution in [0.25, 0.3) is 6.08 Å².